The van der Waals surface area contributed by atoms with Gasteiger partial charge < -0.3 is 9.47 Å². The molecule has 70 heavy (non-hydrogen) atoms. The SMILES string of the molecule is c1ccc(C2(c3ccccc3)c3ccccc3-c3cc(N(c4ccc(-c5cccc(-n6c7ccccc7c7ccccc76)c5)cc4)c4cccc(-c5cccc6c5sc5ccccc56)c4)ccc32)cc1. The summed E-state index contributed by atoms with van der Waals surface area (Å²) in [4.78, 5) is 2.45. The van der Waals surface area contributed by atoms with Crippen molar-refractivity contribution in [2.75, 3.05) is 4.90 Å². The number of hydrogen-bond acceptors (Lipinski definition) is 2. The summed E-state index contributed by atoms with van der Waals surface area (Å²) >= 11 is 1.88. The van der Waals surface area contributed by atoms with Crippen molar-refractivity contribution in [3.8, 4) is 39.1 Å². The third kappa shape index (κ3) is 6.19. The van der Waals surface area contributed by atoms with Crippen LogP contribution in [0.5, 0.6) is 0 Å². The second-order valence-electron chi connectivity index (χ2n) is 18.4. The van der Waals surface area contributed by atoms with Crippen molar-refractivity contribution in [2.45, 2.75) is 5.41 Å². The van der Waals surface area contributed by atoms with Gasteiger partial charge in [0.05, 0.1) is 16.4 Å². The fraction of sp³-hybridized carbons (Fsp3) is 0.0149. The average molecular weight is 909 g/mol. The molecule has 0 aliphatic heterocycles. The van der Waals surface area contributed by atoms with Crippen LogP contribution in [0.1, 0.15) is 22.3 Å². The maximum atomic E-state index is 2.45. The van der Waals surface area contributed by atoms with E-state index >= 15 is 0 Å². The average Bonchev–Trinajstić information content (AvgIpc) is 4.09. The van der Waals surface area contributed by atoms with Gasteiger partial charge in [0.1, 0.15) is 0 Å². The predicted molar refractivity (Wildman–Crippen MR) is 297 cm³/mol. The molecular formula is C67H44N2S. The molecule has 13 aromatic rings. The molecule has 0 N–H and O–H groups in total. The van der Waals surface area contributed by atoms with Gasteiger partial charge in [-0.3, -0.25) is 0 Å². The lowest BCUT2D eigenvalue weighted by Crippen LogP contribution is -2.28. The molecule has 0 bridgehead atoms. The first-order valence-electron chi connectivity index (χ1n) is 24.1. The molecule has 2 aromatic heterocycles. The maximum Gasteiger partial charge on any atom is 0.0713 e. The van der Waals surface area contributed by atoms with Gasteiger partial charge in [0.15, 0.2) is 0 Å². The Labute approximate surface area is 411 Å². The minimum Gasteiger partial charge on any atom is -0.310 e. The Morgan fingerprint density at radius 3 is 1.64 bits per heavy atom. The number of nitrogens with zero attached hydrogens (tertiary/aromatic N) is 2. The molecule has 0 amide bonds. The maximum absolute atomic E-state index is 2.45. The largest absolute Gasteiger partial charge is 0.310 e. The van der Waals surface area contributed by atoms with Gasteiger partial charge in [-0.25, -0.2) is 0 Å². The summed E-state index contributed by atoms with van der Waals surface area (Å²) in [5.41, 5.74) is 18.8. The second-order valence-corrected chi connectivity index (χ2v) is 19.4. The smallest absolute Gasteiger partial charge is 0.0713 e. The number of anilines is 3. The first-order chi connectivity index (χ1) is 34.7. The van der Waals surface area contributed by atoms with E-state index in [0.29, 0.717) is 0 Å². The van der Waals surface area contributed by atoms with Crippen molar-refractivity contribution in [3.05, 3.63) is 289 Å². The van der Waals surface area contributed by atoms with Crippen molar-refractivity contribution in [2.24, 2.45) is 0 Å². The zero-order chi connectivity index (χ0) is 46.2. The van der Waals surface area contributed by atoms with Crippen molar-refractivity contribution in [3.63, 3.8) is 0 Å². The monoisotopic (exact) mass is 908 g/mol. The second kappa shape index (κ2) is 16.2. The van der Waals surface area contributed by atoms with E-state index in [9.17, 15) is 0 Å². The van der Waals surface area contributed by atoms with E-state index in [4.69, 9.17) is 0 Å². The van der Waals surface area contributed by atoms with E-state index in [-0.39, 0.29) is 0 Å². The van der Waals surface area contributed by atoms with Gasteiger partial charge in [-0.15, -0.1) is 11.3 Å². The molecule has 0 atom stereocenters. The van der Waals surface area contributed by atoms with E-state index in [1.54, 1.807) is 0 Å². The topological polar surface area (TPSA) is 8.17 Å². The van der Waals surface area contributed by atoms with Gasteiger partial charge in [0.25, 0.3) is 0 Å². The molecule has 2 nitrogen and oxygen atoms in total. The summed E-state index contributed by atoms with van der Waals surface area (Å²) in [6.45, 7) is 0. The molecule has 0 saturated carbocycles. The lowest BCUT2D eigenvalue weighted by atomic mass is 9.68. The molecule has 11 aromatic carbocycles. The van der Waals surface area contributed by atoms with Crippen LogP contribution < -0.4 is 4.90 Å². The number of benzene rings is 11. The molecule has 0 radical (unpaired) electrons. The third-order valence-electron chi connectivity index (χ3n) is 14.7. The normalized spacial score (nSPS) is 12.7. The number of para-hydroxylation sites is 2. The molecule has 0 saturated heterocycles. The van der Waals surface area contributed by atoms with Crippen molar-refractivity contribution in [1.82, 2.24) is 4.57 Å². The minimum atomic E-state index is -0.476. The molecule has 14 rings (SSSR count). The lowest BCUT2D eigenvalue weighted by molar-refractivity contribution is 0.768. The van der Waals surface area contributed by atoms with Crippen molar-refractivity contribution < 1.29 is 0 Å². The van der Waals surface area contributed by atoms with Gasteiger partial charge in [0.2, 0.25) is 0 Å². The van der Waals surface area contributed by atoms with E-state index in [2.05, 4.69) is 276 Å². The van der Waals surface area contributed by atoms with Crippen molar-refractivity contribution in [1.29, 1.82) is 0 Å². The Hall–Kier alpha value is -8.76. The van der Waals surface area contributed by atoms with E-state index in [1.165, 1.54) is 92.0 Å². The first kappa shape index (κ1) is 40.3. The molecule has 0 spiro atoms. The Morgan fingerprint density at radius 2 is 0.886 bits per heavy atom. The summed E-state index contributed by atoms with van der Waals surface area (Å²) in [5.74, 6) is 0. The predicted octanol–water partition coefficient (Wildman–Crippen LogP) is 18.3. The minimum absolute atomic E-state index is 0.476. The zero-order valence-electron chi connectivity index (χ0n) is 38.2. The van der Waals surface area contributed by atoms with E-state index in [1.807, 2.05) is 11.3 Å². The summed E-state index contributed by atoms with van der Waals surface area (Å²) in [7, 11) is 0. The number of fused-ring (bicyclic) bond motifs is 9. The number of thiophene rings is 1. The number of aromatic nitrogens is 1. The Kier molecular flexibility index (Phi) is 9.33. The highest BCUT2D eigenvalue weighted by atomic mass is 32.1. The van der Waals surface area contributed by atoms with Gasteiger partial charge in [0, 0.05) is 53.7 Å². The highest BCUT2D eigenvalue weighted by Crippen LogP contribution is 2.57. The molecule has 1 aliphatic rings. The van der Waals surface area contributed by atoms with Crippen LogP contribution in [0, 0.1) is 0 Å². The summed E-state index contributed by atoms with van der Waals surface area (Å²) in [6.07, 6.45) is 0. The molecule has 0 unspecified atom stereocenters. The molecule has 3 heteroatoms. The van der Waals surface area contributed by atoms with Crippen LogP contribution in [0.15, 0.2) is 267 Å². The fourth-order valence-corrected chi connectivity index (χ4v) is 12.9. The van der Waals surface area contributed by atoms with Crippen LogP contribution in [0.3, 0.4) is 0 Å². The molecule has 0 fully saturated rings. The zero-order valence-corrected chi connectivity index (χ0v) is 39.0. The van der Waals surface area contributed by atoms with Crippen LogP contribution in [0.4, 0.5) is 17.1 Å². The quantitative estimate of drug-likeness (QED) is 0.147. The van der Waals surface area contributed by atoms with Crippen LogP contribution in [-0.2, 0) is 5.41 Å². The highest BCUT2D eigenvalue weighted by Gasteiger charge is 2.46. The lowest BCUT2D eigenvalue weighted by Gasteiger charge is -2.34. The molecule has 328 valence electrons. The standard InChI is InChI=1S/C67H44N2S/c1-3-20-48(21-4-1)67(49-22-5-2-6-23-49)61-32-11-7-26-55(61)60-44-53(40-41-62(60)67)68(51-24-16-19-47(43-51)54-30-17-31-59-58-29-10-14-35-65(58)70-66(54)59)50-38-36-45(37-39-50)46-18-15-25-52(42-46)69-63-33-12-8-27-56(63)57-28-9-13-34-64(57)69/h1-44H. The van der Waals surface area contributed by atoms with Gasteiger partial charge in [-0.05, 0) is 122 Å². The molecular weight excluding hydrogens is 865 g/mol. The summed E-state index contributed by atoms with van der Waals surface area (Å²) in [6, 6.07) is 98.5. The summed E-state index contributed by atoms with van der Waals surface area (Å²) < 4.78 is 5.02. The fourth-order valence-electron chi connectivity index (χ4n) is 11.6. The van der Waals surface area contributed by atoms with Gasteiger partial charge >= 0.3 is 0 Å². The van der Waals surface area contributed by atoms with Gasteiger partial charge in [-0.2, -0.15) is 0 Å². The Bertz CT molecular complexity index is 4030. The van der Waals surface area contributed by atoms with Crippen LogP contribution in [-0.4, -0.2) is 4.57 Å². The Balaban J connectivity index is 0.934. The number of rotatable bonds is 8. The Morgan fingerprint density at radius 1 is 0.329 bits per heavy atom. The molecule has 1 aliphatic carbocycles. The van der Waals surface area contributed by atoms with Crippen LogP contribution in [0.25, 0.3) is 81.0 Å². The van der Waals surface area contributed by atoms with E-state index < -0.39 is 5.41 Å². The molecule has 2 heterocycles. The van der Waals surface area contributed by atoms with Crippen LogP contribution >= 0.6 is 11.3 Å². The number of hydrogen-bond donors (Lipinski definition) is 0. The van der Waals surface area contributed by atoms with E-state index in [0.717, 1.165) is 28.3 Å². The van der Waals surface area contributed by atoms with Crippen LogP contribution in [0.2, 0.25) is 0 Å². The highest BCUT2D eigenvalue weighted by molar-refractivity contribution is 7.26. The van der Waals surface area contributed by atoms with Crippen molar-refractivity contribution >= 4 is 70.4 Å². The van der Waals surface area contributed by atoms with Gasteiger partial charge in [-0.1, -0.05) is 200 Å². The first-order valence-corrected chi connectivity index (χ1v) is 24.9. The summed E-state index contributed by atoms with van der Waals surface area (Å²) in [5, 5.41) is 5.14. The third-order valence-corrected chi connectivity index (χ3v) is 15.9.